The molecule has 0 aliphatic carbocycles. The van der Waals surface area contributed by atoms with E-state index in [1.807, 2.05) is 12.1 Å². The predicted molar refractivity (Wildman–Crippen MR) is 121 cm³/mol. The fourth-order valence-corrected chi connectivity index (χ4v) is 4.37. The zero-order valence-corrected chi connectivity index (χ0v) is 18.2. The second-order valence-electron chi connectivity index (χ2n) is 6.69. The number of anilines is 1. The van der Waals surface area contributed by atoms with Crippen molar-refractivity contribution in [1.29, 1.82) is 0 Å². The van der Waals surface area contributed by atoms with Crippen LogP contribution < -0.4 is 10.9 Å². The van der Waals surface area contributed by atoms with Gasteiger partial charge in [-0.3, -0.25) is 9.59 Å². The molecule has 4 rings (SSSR count). The van der Waals surface area contributed by atoms with E-state index in [0.29, 0.717) is 38.1 Å². The first kappa shape index (κ1) is 20.5. The van der Waals surface area contributed by atoms with Gasteiger partial charge in [-0.25, -0.2) is 9.67 Å². The van der Waals surface area contributed by atoms with E-state index in [2.05, 4.69) is 15.4 Å². The van der Waals surface area contributed by atoms with Crippen LogP contribution in [-0.2, 0) is 24.7 Å². The first-order valence-electron chi connectivity index (χ1n) is 9.04. The van der Waals surface area contributed by atoms with Crippen molar-refractivity contribution in [3.63, 3.8) is 0 Å². The molecule has 0 saturated heterocycles. The smallest absolute Gasteiger partial charge is 0.274 e. The van der Waals surface area contributed by atoms with Crippen LogP contribution in [0.3, 0.4) is 0 Å². The number of fused-ring (bicyclic) bond motifs is 1. The molecule has 152 valence electrons. The van der Waals surface area contributed by atoms with Crippen LogP contribution in [0.4, 0.5) is 5.13 Å². The molecule has 2 aromatic carbocycles. The SMILES string of the molecule is Cn1nc(CC(=O)Nc2ncc(Cc3cc(Cl)ccc3Cl)s2)c2ccccc2c1=O. The minimum atomic E-state index is -0.256. The molecule has 9 heteroatoms. The summed E-state index contributed by atoms with van der Waals surface area (Å²) in [6.07, 6.45) is 2.31. The summed E-state index contributed by atoms with van der Waals surface area (Å²) in [5.41, 5.74) is 1.23. The number of carbonyl (C=O) groups excluding carboxylic acids is 1. The van der Waals surface area contributed by atoms with E-state index in [4.69, 9.17) is 23.2 Å². The molecule has 4 aromatic rings. The van der Waals surface area contributed by atoms with Gasteiger partial charge in [0.1, 0.15) is 0 Å². The Morgan fingerprint density at radius 1 is 1.17 bits per heavy atom. The third-order valence-corrected chi connectivity index (χ3v) is 6.05. The Labute approximate surface area is 186 Å². The number of carbonyl (C=O) groups is 1. The summed E-state index contributed by atoms with van der Waals surface area (Å²) in [6, 6.07) is 12.4. The zero-order chi connectivity index (χ0) is 21.3. The molecule has 0 unspecified atom stereocenters. The van der Waals surface area contributed by atoms with Crippen molar-refractivity contribution < 1.29 is 4.79 Å². The number of nitrogens with one attached hydrogen (secondary N) is 1. The molecule has 0 aliphatic heterocycles. The van der Waals surface area contributed by atoms with Crippen LogP contribution in [0.1, 0.15) is 16.1 Å². The quantitative estimate of drug-likeness (QED) is 0.478. The molecular weight excluding hydrogens is 443 g/mol. The molecule has 1 amide bonds. The van der Waals surface area contributed by atoms with Crippen LogP contribution in [0.2, 0.25) is 10.0 Å². The van der Waals surface area contributed by atoms with Crippen molar-refractivity contribution >= 4 is 56.3 Å². The maximum absolute atomic E-state index is 12.6. The Morgan fingerprint density at radius 2 is 1.93 bits per heavy atom. The number of benzene rings is 2. The van der Waals surface area contributed by atoms with Crippen LogP contribution >= 0.6 is 34.5 Å². The van der Waals surface area contributed by atoms with E-state index < -0.39 is 0 Å². The highest BCUT2D eigenvalue weighted by Gasteiger charge is 2.14. The van der Waals surface area contributed by atoms with Crippen molar-refractivity contribution in [2.45, 2.75) is 12.8 Å². The average Bonchev–Trinajstić information content (AvgIpc) is 3.15. The second-order valence-corrected chi connectivity index (χ2v) is 8.65. The van der Waals surface area contributed by atoms with Gasteiger partial charge in [-0.2, -0.15) is 5.10 Å². The van der Waals surface area contributed by atoms with Crippen LogP contribution in [0, 0.1) is 0 Å². The van der Waals surface area contributed by atoms with Gasteiger partial charge in [-0.1, -0.05) is 41.4 Å². The Kier molecular flexibility index (Phi) is 5.85. The number of halogens is 2. The molecule has 0 saturated carbocycles. The predicted octanol–water partition coefficient (Wildman–Crippen LogP) is 4.47. The first-order valence-corrected chi connectivity index (χ1v) is 10.6. The van der Waals surface area contributed by atoms with E-state index in [1.54, 1.807) is 43.6 Å². The fourth-order valence-electron chi connectivity index (χ4n) is 3.14. The minimum absolute atomic E-state index is 0.0314. The lowest BCUT2D eigenvalue weighted by Gasteiger charge is -2.07. The lowest BCUT2D eigenvalue weighted by atomic mass is 10.1. The van der Waals surface area contributed by atoms with Gasteiger partial charge in [0.2, 0.25) is 5.91 Å². The standard InChI is InChI=1S/C21H16Cl2N4O2S/c1-27-20(29)16-5-3-2-4-15(16)18(26-27)10-19(28)25-21-24-11-14(30-21)9-12-8-13(22)6-7-17(12)23/h2-8,11H,9-10H2,1H3,(H,24,25,28). The van der Waals surface area contributed by atoms with Gasteiger partial charge in [0.15, 0.2) is 5.13 Å². The highest BCUT2D eigenvalue weighted by Crippen LogP contribution is 2.27. The Balaban J connectivity index is 1.49. The fraction of sp³-hybridized carbons (Fsp3) is 0.143. The summed E-state index contributed by atoms with van der Waals surface area (Å²) in [7, 11) is 1.57. The lowest BCUT2D eigenvalue weighted by Crippen LogP contribution is -2.24. The zero-order valence-electron chi connectivity index (χ0n) is 15.9. The van der Waals surface area contributed by atoms with Crippen LogP contribution in [0.5, 0.6) is 0 Å². The normalized spacial score (nSPS) is 11.0. The van der Waals surface area contributed by atoms with Crippen LogP contribution in [0.25, 0.3) is 10.8 Å². The molecule has 2 aromatic heterocycles. The number of nitrogens with zero attached hydrogens (tertiary/aromatic N) is 3. The van der Waals surface area contributed by atoms with Crippen molar-refractivity contribution in [3.8, 4) is 0 Å². The van der Waals surface area contributed by atoms with Crippen LogP contribution in [-0.4, -0.2) is 20.7 Å². The third-order valence-electron chi connectivity index (χ3n) is 4.53. The molecule has 1 N–H and O–H groups in total. The molecule has 0 fully saturated rings. The number of hydrogen-bond acceptors (Lipinski definition) is 5. The van der Waals surface area contributed by atoms with Gasteiger partial charge in [0, 0.05) is 40.0 Å². The Bertz CT molecular complexity index is 1320. The average molecular weight is 459 g/mol. The third kappa shape index (κ3) is 4.38. The van der Waals surface area contributed by atoms with Crippen LogP contribution in [0.15, 0.2) is 53.5 Å². The van der Waals surface area contributed by atoms with Gasteiger partial charge in [0.25, 0.3) is 5.56 Å². The molecule has 2 heterocycles. The summed E-state index contributed by atoms with van der Waals surface area (Å²) >= 11 is 13.6. The molecule has 30 heavy (non-hydrogen) atoms. The summed E-state index contributed by atoms with van der Waals surface area (Å²) in [4.78, 5) is 30.0. The Morgan fingerprint density at radius 3 is 2.73 bits per heavy atom. The van der Waals surface area contributed by atoms with Gasteiger partial charge in [-0.15, -0.1) is 11.3 Å². The molecule has 6 nitrogen and oxygen atoms in total. The monoisotopic (exact) mass is 458 g/mol. The maximum Gasteiger partial charge on any atom is 0.274 e. The van der Waals surface area contributed by atoms with E-state index >= 15 is 0 Å². The first-order chi connectivity index (χ1) is 14.4. The van der Waals surface area contributed by atoms with Gasteiger partial charge in [-0.05, 0) is 29.8 Å². The van der Waals surface area contributed by atoms with Crippen molar-refractivity contribution in [1.82, 2.24) is 14.8 Å². The number of amides is 1. The van der Waals surface area contributed by atoms with Gasteiger partial charge >= 0.3 is 0 Å². The summed E-state index contributed by atoms with van der Waals surface area (Å²) < 4.78 is 1.25. The maximum atomic E-state index is 12.6. The number of aryl methyl sites for hydroxylation is 1. The van der Waals surface area contributed by atoms with Gasteiger partial charge in [0.05, 0.1) is 17.5 Å². The topological polar surface area (TPSA) is 76.9 Å². The number of rotatable bonds is 5. The largest absolute Gasteiger partial charge is 0.302 e. The molecule has 0 atom stereocenters. The summed E-state index contributed by atoms with van der Waals surface area (Å²) in [6.45, 7) is 0. The highest BCUT2D eigenvalue weighted by molar-refractivity contribution is 7.15. The van der Waals surface area contributed by atoms with E-state index in [1.165, 1.54) is 16.0 Å². The Hall–Kier alpha value is -2.74. The molecule has 0 bridgehead atoms. The van der Waals surface area contributed by atoms with E-state index in [0.717, 1.165) is 10.4 Å². The van der Waals surface area contributed by atoms with Crippen molar-refractivity contribution in [3.05, 3.63) is 85.2 Å². The lowest BCUT2D eigenvalue weighted by molar-refractivity contribution is -0.115. The molecule has 0 spiro atoms. The van der Waals surface area contributed by atoms with E-state index in [9.17, 15) is 9.59 Å². The highest BCUT2D eigenvalue weighted by atomic mass is 35.5. The molecule has 0 aliphatic rings. The number of hydrogen-bond donors (Lipinski definition) is 1. The molecular formula is C21H16Cl2N4O2S. The van der Waals surface area contributed by atoms with E-state index in [-0.39, 0.29) is 17.9 Å². The summed E-state index contributed by atoms with van der Waals surface area (Å²) in [5, 5.41) is 10.0. The number of thiazole rings is 1. The minimum Gasteiger partial charge on any atom is -0.302 e. The summed E-state index contributed by atoms with van der Waals surface area (Å²) in [5.74, 6) is -0.256. The number of aromatic nitrogens is 3. The van der Waals surface area contributed by atoms with Crippen molar-refractivity contribution in [2.75, 3.05) is 5.32 Å². The van der Waals surface area contributed by atoms with Gasteiger partial charge < -0.3 is 5.32 Å². The second kappa shape index (κ2) is 8.55. The van der Waals surface area contributed by atoms with Crippen molar-refractivity contribution in [2.24, 2.45) is 7.05 Å². The molecule has 0 radical (unpaired) electrons.